The molecule has 1 N–H and O–H groups in total. The monoisotopic (exact) mass is 494 g/mol. The van der Waals surface area contributed by atoms with Gasteiger partial charge in [0.2, 0.25) is 0 Å². The Hall–Kier alpha value is -3.24. The van der Waals surface area contributed by atoms with Crippen molar-refractivity contribution in [3.63, 3.8) is 0 Å². The normalized spacial score (nSPS) is 19.3. The number of amides is 1. The SMILES string of the molecule is C[C@H](CNC(=O)c1ccc2c(c1)CCC(CCN1CCC(c3ccccc3)CC1)C2=O)c1ccccc1. The van der Waals surface area contributed by atoms with E-state index in [0.29, 0.717) is 18.0 Å². The first-order valence-electron chi connectivity index (χ1n) is 13.9. The van der Waals surface area contributed by atoms with Gasteiger partial charge in [-0.3, -0.25) is 9.59 Å². The Morgan fingerprint density at radius 2 is 1.65 bits per heavy atom. The third-order valence-electron chi connectivity index (χ3n) is 8.36. The van der Waals surface area contributed by atoms with E-state index in [1.54, 1.807) is 0 Å². The van der Waals surface area contributed by atoms with Gasteiger partial charge in [0.15, 0.2) is 5.78 Å². The lowest BCUT2D eigenvalue weighted by molar-refractivity contribution is 0.0875. The van der Waals surface area contributed by atoms with Crippen molar-refractivity contribution in [3.05, 3.63) is 107 Å². The van der Waals surface area contributed by atoms with Crippen LogP contribution in [0.3, 0.4) is 0 Å². The molecule has 1 heterocycles. The average Bonchev–Trinajstić information content (AvgIpc) is 2.96. The molecule has 2 atom stereocenters. The van der Waals surface area contributed by atoms with E-state index in [4.69, 9.17) is 0 Å². The fourth-order valence-electron chi connectivity index (χ4n) is 5.94. The molecule has 1 saturated heterocycles. The molecule has 1 aliphatic carbocycles. The Kier molecular flexibility index (Phi) is 8.15. The third-order valence-corrected chi connectivity index (χ3v) is 8.36. The summed E-state index contributed by atoms with van der Waals surface area (Å²) < 4.78 is 0. The maximum Gasteiger partial charge on any atom is 0.251 e. The van der Waals surface area contributed by atoms with Crippen LogP contribution < -0.4 is 5.32 Å². The van der Waals surface area contributed by atoms with Gasteiger partial charge in [0.05, 0.1) is 0 Å². The average molecular weight is 495 g/mol. The molecule has 0 saturated carbocycles. The van der Waals surface area contributed by atoms with E-state index in [1.165, 1.54) is 24.0 Å². The molecule has 5 rings (SSSR count). The molecule has 1 amide bonds. The molecule has 2 aliphatic rings. The lowest BCUT2D eigenvalue weighted by atomic mass is 9.80. The quantitative estimate of drug-likeness (QED) is 0.404. The van der Waals surface area contributed by atoms with Crippen LogP contribution in [0.4, 0.5) is 0 Å². The highest BCUT2D eigenvalue weighted by Crippen LogP contribution is 2.31. The van der Waals surface area contributed by atoms with Gasteiger partial charge in [0.25, 0.3) is 5.91 Å². The van der Waals surface area contributed by atoms with Crippen LogP contribution in [0, 0.1) is 5.92 Å². The molecule has 37 heavy (non-hydrogen) atoms. The first-order chi connectivity index (χ1) is 18.1. The first kappa shape index (κ1) is 25.4. The zero-order valence-corrected chi connectivity index (χ0v) is 21.9. The van der Waals surface area contributed by atoms with Crippen LogP contribution in [0.5, 0.6) is 0 Å². The van der Waals surface area contributed by atoms with Gasteiger partial charge >= 0.3 is 0 Å². The number of likely N-dealkylation sites (tertiary alicyclic amines) is 1. The van der Waals surface area contributed by atoms with Gasteiger partial charge < -0.3 is 10.2 Å². The number of rotatable bonds is 8. The van der Waals surface area contributed by atoms with E-state index in [-0.39, 0.29) is 23.5 Å². The summed E-state index contributed by atoms with van der Waals surface area (Å²) in [5.74, 6) is 1.18. The second-order valence-corrected chi connectivity index (χ2v) is 10.8. The number of Topliss-reactive ketones (excluding diaryl/α,β-unsaturated/α-hetero) is 1. The van der Waals surface area contributed by atoms with Crippen LogP contribution in [0.2, 0.25) is 0 Å². The number of piperidine rings is 1. The number of aryl methyl sites for hydroxylation is 1. The van der Waals surface area contributed by atoms with Gasteiger partial charge in [-0.25, -0.2) is 0 Å². The maximum atomic E-state index is 13.3. The van der Waals surface area contributed by atoms with E-state index in [2.05, 4.69) is 59.6 Å². The molecule has 0 bridgehead atoms. The molecule has 1 fully saturated rings. The Morgan fingerprint density at radius 1 is 0.946 bits per heavy atom. The van der Waals surface area contributed by atoms with E-state index in [9.17, 15) is 9.59 Å². The lowest BCUT2D eigenvalue weighted by Gasteiger charge is -2.33. The van der Waals surface area contributed by atoms with Crippen molar-refractivity contribution in [2.24, 2.45) is 5.92 Å². The summed E-state index contributed by atoms with van der Waals surface area (Å²) in [5, 5.41) is 3.06. The van der Waals surface area contributed by atoms with Crippen LogP contribution in [-0.4, -0.2) is 42.8 Å². The van der Waals surface area contributed by atoms with Crippen molar-refractivity contribution in [2.75, 3.05) is 26.2 Å². The highest BCUT2D eigenvalue weighted by molar-refractivity contribution is 6.02. The molecule has 192 valence electrons. The number of nitrogens with zero attached hydrogens (tertiary/aromatic N) is 1. The van der Waals surface area contributed by atoms with Gasteiger partial charge in [-0.05, 0) is 92.4 Å². The molecule has 3 aromatic rings. The fourth-order valence-corrected chi connectivity index (χ4v) is 5.94. The highest BCUT2D eigenvalue weighted by atomic mass is 16.1. The van der Waals surface area contributed by atoms with Crippen molar-refractivity contribution < 1.29 is 9.59 Å². The molecule has 4 heteroatoms. The van der Waals surface area contributed by atoms with Crippen molar-refractivity contribution in [2.45, 2.75) is 50.9 Å². The van der Waals surface area contributed by atoms with E-state index in [0.717, 1.165) is 50.0 Å². The minimum atomic E-state index is -0.0703. The van der Waals surface area contributed by atoms with Crippen LogP contribution in [0.25, 0.3) is 0 Å². The van der Waals surface area contributed by atoms with Gasteiger partial charge in [0.1, 0.15) is 0 Å². The summed E-state index contributed by atoms with van der Waals surface area (Å²) in [4.78, 5) is 28.6. The maximum absolute atomic E-state index is 13.3. The van der Waals surface area contributed by atoms with Crippen LogP contribution in [0.1, 0.15) is 81.8 Å². The fraction of sp³-hybridized carbons (Fsp3) is 0.394. The smallest absolute Gasteiger partial charge is 0.251 e. The summed E-state index contributed by atoms with van der Waals surface area (Å²) in [6.45, 7) is 5.92. The predicted molar refractivity (Wildman–Crippen MR) is 149 cm³/mol. The summed E-state index contributed by atoms with van der Waals surface area (Å²) in [5.41, 5.74) is 5.15. The zero-order chi connectivity index (χ0) is 25.6. The second kappa shape index (κ2) is 11.9. The number of hydrogen-bond donors (Lipinski definition) is 1. The Morgan fingerprint density at radius 3 is 2.38 bits per heavy atom. The van der Waals surface area contributed by atoms with Gasteiger partial charge in [-0.15, -0.1) is 0 Å². The molecule has 0 spiro atoms. The Labute approximate surface area is 221 Å². The summed E-state index contributed by atoms with van der Waals surface area (Å²) >= 11 is 0. The summed E-state index contributed by atoms with van der Waals surface area (Å²) in [6.07, 6.45) is 5.06. The topological polar surface area (TPSA) is 49.4 Å². The summed E-state index contributed by atoms with van der Waals surface area (Å²) in [7, 11) is 0. The number of carbonyl (C=O) groups excluding carboxylic acids is 2. The molecule has 3 aromatic carbocycles. The van der Waals surface area contributed by atoms with Gasteiger partial charge in [-0.1, -0.05) is 73.7 Å². The van der Waals surface area contributed by atoms with E-state index >= 15 is 0 Å². The predicted octanol–water partition coefficient (Wildman–Crippen LogP) is 6.23. The summed E-state index contributed by atoms with van der Waals surface area (Å²) in [6, 6.07) is 26.7. The first-order valence-corrected chi connectivity index (χ1v) is 13.9. The van der Waals surface area contributed by atoms with Gasteiger partial charge in [-0.2, -0.15) is 0 Å². The molecule has 1 unspecified atom stereocenters. The van der Waals surface area contributed by atoms with E-state index in [1.807, 2.05) is 36.4 Å². The van der Waals surface area contributed by atoms with Gasteiger partial charge in [0, 0.05) is 23.6 Å². The number of benzene rings is 3. The minimum Gasteiger partial charge on any atom is -0.351 e. The molecular weight excluding hydrogens is 456 g/mol. The number of carbonyl (C=O) groups is 2. The van der Waals surface area contributed by atoms with Crippen LogP contribution in [0.15, 0.2) is 78.9 Å². The molecular formula is C33H38N2O2. The Bertz CT molecular complexity index is 1200. The number of nitrogens with one attached hydrogen (secondary N) is 1. The zero-order valence-electron chi connectivity index (χ0n) is 21.9. The molecule has 0 radical (unpaired) electrons. The van der Waals surface area contributed by atoms with Crippen molar-refractivity contribution >= 4 is 11.7 Å². The van der Waals surface area contributed by atoms with Crippen LogP contribution in [-0.2, 0) is 6.42 Å². The lowest BCUT2D eigenvalue weighted by Crippen LogP contribution is -2.36. The van der Waals surface area contributed by atoms with Crippen molar-refractivity contribution in [3.8, 4) is 0 Å². The third kappa shape index (κ3) is 6.19. The minimum absolute atomic E-state index is 0.0703. The van der Waals surface area contributed by atoms with Crippen LogP contribution >= 0.6 is 0 Å². The number of hydrogen-bond acceptors (Lipinski definition) is 3. The second-order valence-electron chi connectivity index (χ2n) is 10.8. The standard InChI is InChI=1S/C33H38N2O2/c1-24(25-8-4-2-5-9-25)23-34-33(37)30-14-15-31-29(22-30)13-12-28(32(31)36)18-21-35-19-16-27(17-20-35)26-10-6-3-7-11-26/h2-11,14-15,22,24,27-28H,12-13,16-21,23H2,1H3,(H,34,37)/t24-,28?/m1/s1. The molecule has 0 aromatic heterocycles. The highest BCUT2D eigenvalue weighted by Gasteiger charge is 2.29. The molecule has 1 aliphatic heterocycles. The van der Waals surface area contributed by atoms with E-state index < -0.39 is 0 Å². The Balaban J connectivity index is 1.11. The van der Waals surface area contributed by atoms with Crippen molar-refractivity contribution in [1.29, 1.82) is 0 Å². The number of ketones is 1. The largest absolute Gasteiger partial charge is 0.351 e. The number of fused-ring (bicyclic) bond motifs is 1. The van der Waals surface area contributed by atoms with Crippen molar-refractivity contribution in [1.82, 2.24) is 10.2 Å². The molecule has 4 nitrogen and oxygen atoms in total.